The highest BCUT2D eigenvalue weighted by Gasteiger charge is 2.16. The summed E-state index contributed by atoms with van der Waals surface area (Å²) in [5, 5.41) is 11.1. The molecule has 0 aromatic carbocycles. The van der Waals surface area contributed by atoms with Crippen LogP contribution in [0.5, 0.6) is 0 Å². The van der Waals surface area contributed by atoms with E-state index in [-0.39, 0.29) is 11.9 Å². The van der Waals surface area contributed by atoms with Crippen LogP contribution in [-0.4, -0.2) is 35.6 Å². The molecule has 0 saturated heterocycles. The number of unbranched alkanes of at least 4 members (excludes halogenated alkanes) is 28. The van der Waals surface area contributed by atoms with Crippen molar-refractivity contribution < 1.29 is 29.0 Å². The molecule has 0 aliphatic heterocycles. The summed E-state index contributed by atoms with van der Waals surface area (Å²) in [7, 11) is 0. The van der Waals surface area contributed by atoms with Crippen LogP contribution in [0.15, 0.2) is 0 Å². The molecule has 0 bridgehead atoms. The Hall–Kier alpha value is -1.83. The van der Waals surface area contributed by atoms with Crippen LogP contribution in [0.4, 0.5) is 4.79 Å². The Kier molecular flexibility index (Phi) is 44.8. The topological polar surface area (TPSA) is 128 Å². The van der Waals surface area contributed by atoms with Gasteiger partial charge in [-0.1, -0.05) is 207 Å². The molecule has 0 aliphatic carbocycles. The van der Waals surface area contributed by atoms with Gasteiger partial charge in [0.2, 0.25) is 0 Å². The maximum Gasteiger partial charge on any atom is 0.407 e. The van der Waals surface area contributed by atoms with Crippen LogP contribution in [0.3, 0.4) is 0 Å². The number of nitrogens with one attached hydrogen (secondary N) is 1. The quantitative estimate of drug-likeness (QED) is 0.0324. The molecule has 0 aromatic rings. The average molecular weight is 755 g/mol. The van der Waals surface area contributed by atoms with E-state index >= 15 is 0 Å². The summed E-state index contributed by atoms with van der Waals surface area (Å²) in [5.74, 6) is -0.412. The lowest BCUT2D eigenvalue weighted by atomic mass is 10.0. The Morgan fingerprint density at radius 3 is 1.06 bits per heavy atom. The second-order valence-electron chi connectivity index (χ2n) is 15.4. The number of rotatable bonds is 39. The summed E-state index contributed by atoms with van der Waals surface area (Å²) in [4.78, 5) is 34.4. The molecule has 1 amide bonds. The lowest BCUT2D eigenvalue weighted by Gasteiger charge is -2.17. The first kappa shape index (κ1) is 53.3. The van der Waals surface area contributed by atoms with E-state index < -0.39 is 18.5 Å². The maximum absolute atomic E-state index is 11.9. The third-order valence-electron chi connectivity index (χ3n) is 9.97. The molecule has 0 aliphatic rings. The highest BCUT2D eigenvalue weighted by atomic mass is 16.6. The summed E-state index contributed by atoms with van der Waals surface area (Å²) in [6, 6.07) is 0. The number of hydrogen-bond acceptors (Lipinski definition) is 6. The Bertz CT molecular complexity index is 780. The molecule has 8 heteroatoms. The van der Waals surface area contributed by atoms with Crippen molar-refractivity contribution in [2.75, 3.05) is 0 Å². The molecule has 0 radical (unpaired) electrons. The fourth-order valence-electron chi connectivity index (χ4n) is 6.55. The van der Waals surface area contributed by atoms with Gasteiger partial charge in [0.05, 0.1) is 0 Å². The summed E-state index contributed by atoms with van der Waals surface area (Å²) in [6.45, 7) is 8.77. The number of nitrogens with two attached hydrogens (primary N) is 1. The number of carboxylic acid groups (broad SMARTS) is 1. The predicted octanol–water partition coefficient (Wildman–Crippen LogP) is 14.1. The molecule has 53 heavy (non-hydrogen) atoms. The van der Waals surface area contributed by atoms with E-state index in [0.29, 0.717) is 19.3 Å². The predicted molar refractivity (Wildman–Crippen MR) is 224 cm³/mol. The largest absolute Gasteiger partial charge is 0.465 e. The zero-order valence-corrected chi connectivity index (χ0v) is 35.7. The van der Waals surface area contributed by atoms with Gasteiger partial charge in [-0.25, -0.2) is 4.79 Å². The smallest absolute Gasteiger partial charge is 0.407 e. The summed E-state index contributed by atoms with van der Waals surface area (Å²) < 4.78 is 10.5. The van der Waals surface area contributed by atoms with Crippen LogP contribution < -0.4 is 11.1 Å². The van der Waals surface area contributed by atoms with Crippen LogP contribution in [0, 0.1) is 0 Å². The highest BCUT2D eigenvalue weighted by Crippen LogP contribution is 2.15. The van der Waals surface area contributed by atoms with Crippen LogP contribution in [-0.2, 0) is 19.1 Å². The molecule has 2 unspecified atom stereocenters. The lowest BCUT2D eigenvalue weighted by molar-refractivity contribution is -0.151. The van der Waals surface area contributed by atoms with Crippen LogP contribution >= 0.6 is 0 Å². The van der Waals surface area contributed by atoms with Crippen LogP contribution in [0.1, 0.15) is 259 Å². The van der Waals surface area contributed by atoms with Crippen LogP contribution in [0.2, 0.25) is 0 Å². The molecular formula is C45H90N2O6. The first-order valence-corrected chi connectivity index (χ1v) is 22.9. The van der Waals surface area contributed by atoms with E-state index in [2.05, 4.69) is 33.0 Å². The van der Waals surface area contributed by atoms with Gasteiger partial charge in [0.15, 0.2) is 12.5 Å². The van der Waals surface area contributed by atoms with E-state index in [9.17, 15) is 14.4 Å². The number of ether oxygens (including phenoxy) is 2. The standard InChI is InChI=1S/C23H45NO4.C22H45NO2/c1-3-5-7-8-9-10-11-12-13-14-15-16-18-20-22(25)28-21(24-23(26)27)19-17-6-4-2;1-3-5-7-8-9-10-11-12-13-14-15-16-18-20-22(24)25-21(23)19-17-6-4-2/h21,24H,3-20H2,1-2H3,(H,26,27);21H,3-20,23H2,1-2H3. The number of hydrogen-bond donors (Lipinski definition) is 3. The minimum Gasteiger partial charge on any atom is -0.465 e. The van der Waals surface area contributed by atoms with Crippen molar-refractivity contribution in [1.82, 2.24) is 5.32 Å². The van der Waals surface area contributed by atoms with Crippen molar-refractivity contribution in [3.63, 3.8) is 0 Å². The molecule has 0 heterocycles. The number of carbonyl (C=O) groups excluding carboxylic acids is 2. The first-order valence-electron chi connectivity index (χ1n) is 22.9. The lowest BCUT2D eigenvalue weighted by Crippen LogP contribution is -2.37. The van der Waals surface area contributed by atoms with E-state index in [4.69, 9.17) is 20.3 Å². The molecule has 316 valence electrons. The van der Waals surface area contributed by atoms with Crippen molar-refractivity contribution >= 4 is 18.0 Å². The van der Waals surface area contributed by atoms with Gasteiger partial charge >= 0.3 is 18.0 Å². The fourth-order valence-corrected chi connectivity index (χ4v) is 6.55. The average Bonchev–Trinajstić information content (AvgIpc) is 3.12. The minimum absolute atomic E-state index is 0.118. The zero-order chi connectivity index (χ0) is 39.5. The Labute approximate surface area is 328 Å². The number of amides is 1. The van der Waals surface area contributed by atoms with Crippen molar-refractivity contribution in [2.45, 2.75) is 271 Å². The summed E-state index contributed by atoms with van der Waals surface area (Å²) >= 11 is 0. The zero-order valence-electron chi connectivity index (χ0n) is 35.7. The molecule has 2 atom stereocenters. The second kappa shape index (κ2) is 44.6. The Morgan fingerprint density at radius 1 is 0.434 bits per heavy atom. The Morgan fingerprint density at radius 2 is 0.717 bits per heavy atom. The molecule has 0 fully saturated rings. The Balaban J connectivity index is 0. The van der Waals surface area contributed by atoms with E-state index in [0.717, 1.165) is 70.6 Å². The summed E-state index contributed by atoms with van der Waals surface area (Å²) in [5.41, 5.74) is 5.82. The molecule has 0 saturated carbocycles. The van der Waals surface area contributed by atoms with Gasteiger partial charge in [-0.3, -0.25) is 20.6 Å². The number of carbonyl (C=O) groups is 3. The normalized spacial score (nSPS) is 12.1. The minimum atomic E-state index is -1.14. The van der Waals surface area contributed by atoms with Gasteiger partial charge in [-0.05, 0) is 32.1 Å². The second-order valence-corrected chi connectivity index (χ2v) is 15.4. The van der Waals surface area contributed by atoms with Gasteiger partial charge < -0.3 is 14.6 Å². The number of esters is 2. The van der Waals surface area contributed by atoms with Crippen LogP contribution in [0.25, 0.3) is 0 Å². The van der Waals surface area contributed by atoms with Crippen molar-refractivity contribution in [3.8, 4) is 0 Å². The van der Waals surface area contributed by atoms with Gasteiger partial charge in [-0.15, -0.1) is 0 Å². The SMILES string of the molecule is CCCCCCCCCCCCCCCC(=O)OC(CCCCC)NC(=O)O.CCCCCCCCCCCCCCCC(=O)OC(N)CCCCC. The van der Waals surface area contributed by atoms with Crippen molar-refractivity contribution in [3.05, 3.63) is 0 Å². The monoisotopic (exact) mass is 755 g/mol. The molecule has 0 rings (SSSR count). The van der Waals surface area contributed by atoms with E-state index in [1.165, 1.54) is 141 Å². The molecule has 0 spiro atoms. The highest BCUT2D eigenvalue weighted by molar-refractivity contribution is 5.70. The molecule has 4 N–H and O–H groups in total. The van der Waals surface area contributed by atoms with E-state index in [1.54, 1.807) is 0 Å². The van der Waals surface area contributed by atoms with Crippen molar-refractivity contribution in [2.24, 2.45) is 5.73 Å². The van der Waals surface area contributed by atoms with Gasteiger partial charge in [0.25, 0.3) is 0 Å². The fraction of sp³-hybridized carbons (Fsp3) is 0.933. The summed E-state index contributed by atoms with van der Waals surface area (Å²) in [6.07, 6.45) is 39.9. The first-order chi connectivity index (χ1) is 25.8. The third kappa shape index (κ3) is 46.2. The van der Waals surface area contributed by atoms with Gasteiger partial charge in [0.1, 0.15) is 0 Å². The molecule has 0 aromatic heterocycles. The van der Waals surface area contributed by atoms with E-state index in [1.807, 2.05) is 0 Å². The van der Waals surface area contributed by atoms with Gasteiger partial charge in [0, 0.05) is 19.3 Å². The molecular weight excluding hydrogens is 665 g/mol. The third-order valence-corrected chi connectivity index (χ3v) is 9.97. The van der Waals surface area contributed by atoms with Gasteiger partial charge in [-0.2, -0.15) is 0 Å². The molecule has 8 nitrogen and oxygen atoms in total. The maximum atomic E-state index is 11.9. The van der Waals surface area contributed by atoms with Crippen molar-refractivity contribution in [1.29, 1.82) is 0 Å².